The summed E-state index contributed by atoms with van der Waals surface area (Å²) in [5.74, 6) is -0.472. The van der Waals surface area contributed by atoms with Gasteiger partial charge in [-0.3, -0.25) is 9.78 Å². The number of aliphatic hydroxyl groups excluding tert-OH is 1. The molecular formula is C22H24FN3O2. The summed E-state index contributed by atoms with van der Waals surface area (Å²) in [6.45, 7) is 2.18. The van der Waals surface area contributed by atoms with Crippen LogP contribution < -0.4 is 5.32 Å². The van der Waals surface area contributed by atoms with E-state index in [4.69, 9.17) is 0 Å². The number of fused-ring (bicyclic) bond motifs is 1. The standard InChI is InChI=1S/C22H24FN3O2/c1-14-8-9-15(11-17(14)23)12-26-13-16(21-19(26)6-4-10-24-21)22(28)25-18-5-2-3-7-20(18)27/h4,6,8-11,13,18,20,27H,2-3,5,7,12H2,1H3,(H,25,28)/t18-,20-/m0/s1. The number of carbonyl (C=O) groups is 1. The smallest absolute Gasteiger partial charge is 0.255 e. The number of aromatic nitrogens is 2. The Morgan fingerprint density at radius 1 is 1.32 bits per heavy atom. The summed E-state index contributed by atoms with van der Waals surface area (Å²) in [6, 6.07) is 8.66. The number of hydrogen-bond donors (Lipinski definition) is 2. The second-order valence-corrected chi connectivity index (χ2v) is 7.56. The molecule has 2 N–H and O–H groups in total. The highest BCUT2D eigenvalue weighted by molar-refractivity contribution is 6.05. The zero-order valence-electron chi connectivity index (χ0n) is 15.9. The molecule has 0 spiro atoms. The molecule has 2 atom stereocenters. The Balaban J connectivity index is 1.64. The highest BCUT2D eigenvalue weighted by Crippen LogP contribution is 2.23. The maximum atomic E-state index is 13.9. The molecule has 3 aromatic rings. The number of carbonyl (C=O) groups excluding carboxylic acids is 1. The van der Waals surface area contributed by atoms with Crippen LogP contribution in [0.3, 0.4) is 0 Å². The van der Waals surface area contributed by atoms with Gasteiger partial charge in [0.2, 0.25) is 0 Å². The summed E-state index contributed by atoms with van der Waals surface area (Å²) in [5, 5.41) is 13.1. The summed E-state index contributed by atoms with van der Waals surface area (Å²) in [5.41, 5.74) is 3.32. The fraction of sp³-hybridized carbons (Fsp3) is 0.364. The lowest BCUT2D eigenvalue weighted by Crippen LogP contribution is -2.45. The quantitative estimate of drug-likeness (QED) is 0.726. The third-order valence-electron chi connectivity index (χ3n) is 5.52. The molecular weight excluding hydrogens is 357 g/mol. The van der Waals surface area contributed by atoms with Gasteiger partial charge in [-0.05, 0) is 49.1 Å². The van der Waals surface area contributed by atoms with E-state index in [0.717, 1.165) is 30.3 Å². The minimum atomic E-state index is -0.505. The van der Waals surface area contributed by atoms with Crippen LogP contribution in [-0.2, 0) is 6.54 Å². The van der Waals surface area contributed by atoms with Crippen molar-refractivity contribution < 1.29 is 14.3 Å². The van der Waals surface area contributed by atoms with Crippen LogP contribution in [0.15, 0.2) is 42.7 Å². The van der Waals surface area contributed by atoms with Crippen LogP contribution in [0.2, 0.25) is 0 Å². The van der Waals surface area contributed by atoms with Gasteiger partial charge in [-0.1, -0.05) is 25.0 Å². The third kappa shape index (κ3) is 3.64. The number of hydrogen-bond acceptors (Lipinski definition) is 3. The van der Waals surface area contributed by atoms with Crippen molar-refractivity contribution in [2.45, 2.75) is 51.3 Å². The molecule has 1 aliphatic carbocycles. The van der Waals surface area contributed by atoms with Gasteiger partial charge < -0.3 is 15.0 Å². The molecule has 5 nitrogen and oxygen atoms in total. The summed E-state index contributed by atoms with van der Waals surface area (Å²) < 4.78 is 15.8. The van der Waals surface area contributed by atoms with Gasteiger partial charge in [0.25, 0.3) is 5.91 Å². The first-order chi connectivity index (χ1) is 13.5. The first kappa shape index (κ1) is 18.6. The van der Waals surface area contributed by atoms with Gasteiger partial charge in [-0.2, -0.15) is 0 Å². The molecule has 0 radical (unpaired) electrons. The fourth-order valence-electron chi connectivity index (χ4n) is 3.88. The van der Waals surface area contributed by atoms with E-state index in [2.05, 4.69) is 10.3 Å². The molecule has 1 aromatic carbocycles. The monoisotopic (exact) mass is 381 g/mol. The Morgan fingerprint density at radius 3 is 2.93 bits per heavy atom. The lowest BCUT2D eigenvalue weighted by molar-refractivity contribution is 0.0718. The molecule has 0 unspecified atom stereocenters. The highest BCUT2D eigenvalue weighted by Gasteiger charge is 2.26. The van der Waals surface area contributed by atoms with Crippen molar-refractivity contribution in [1.29, 1.82) is 0 Å². The summed E-state index contributed by atoms with van der Waals surface area (Å²) in [6.07, 6.45) is 6.40. The molecule has 1 fully saturated rings. The number of aliphatic hydroxyl groups is 1. The molecule has 0 saturated heterocycles. The number of nitrogens with one attached hydrogen (secondary N) is 1. The SMILES string of the molecule is Cc1ccc(Cn2cc(C(=O)N[C@H]3CCCC[C@@H]3O)c3ncccc32)cc1F. The number of rotatable bonds is 4. The van der Waals surface area contributed by atoms with E-state index in [1.807, 2.05) is 22.8 Å². The second kappa shape index (κ2) is 7.72. The van der Waals surface area contributed by atoms with E-state index in [9.17, 15) is 14.3 Å². The fourth-order valence-corrected chi connectivity index (χ4v) is 3.88. The minimum absolute atomic E-state index is 0.227. The Morgan fingerprint density at radius 2 is 2.14 bits per heavy atom. The first-order valence-corrected chi connectivity index (χ1v) is 9.71. The molecule has 0 bridgehead atoms. The van der Waals surface area contributed by atoms with E-state index >= 15 is 0 Å². The molecule has 2 aromatic heterocycles. The number of nitrogens with zero attached hydrogens (tertiary/aromatic N) is 2. The molecule has 146 valence electrons. The van der Waals surface area contributed by atoms with Gasteiger partial charge in [0.05, 0.1) is 23.2 Å². The first-order valence-electron chi connectivity index (χ1n) is 9.71. The van der Waals surface area contributed by atoms with Gasteiger partial charge in [0, 0.05) is 18.9 Å². The van der Waals surface area contributed by atoms with Crippen molar-refractivity contribution in [2.24, 2.45) is 0 Å². The Hall–Kier alpha value is -2.73. The van der Waals surface area contributed by atoms with Gasteiger partial charge in [0.15, 0.2) is 0 Å². The predicted octanol–water partition coefficient (Wildman–Crippen LogP) is 3.57. The van der Waals surface area contributed by atoms with Gasteiger partial charge in [-0.15, -0.1) is 0 Å². The van der Waals surface area contributed by atoms with E-state index in [-0.39, 0.29) is 17.8 Å². The molecule has 1 amide bonds. The normalized spacial score (nSPS) is 19.7. The number of pyridine rings is 1. The average Bonchev–Trinajstić information content (AvgIpc) is 3.05. The Labute approximate surface area is 163 Å². The minimum Gasteiger partial charge on any atom is -0.391 e. The van der Waals surface area contributed by atoms with Crippen molar-refractivity contribution in [3.63, 3.8) is 0 Å². The molecule has 2 heterocycles. The summed E-state index contributed by atoms with van der Waals surface area (Å²) in [7, 11) is 0. The predicted molar refractivity (Wildman–Crippen MR) is 106 cm³/mol. The molecule has 4 rings (SSSR count). The van der Waals surface area contributed by atoms with Crippen LogP contribution in [0.25, 0.3) is 11.0 Å². The van der Waals surface area contributed by atoms with E-state index in [1.54, 1.807) is 25.4 Å². The number of halogens is 1. The van der Waals surface area contributed by atoms with Crippen LogP contribution >= 0.6 is 0 Å². The van der Waals surface area contributed by atoms with Gasteiger partial charge >= 0.3 is 0 Å². The summed E-state index contributed by atoms with van der Waals surface area (Å²) >= 11 is 0. The summed E-state index contributed by atoms with van der Waals surface area (Å²) in [4.78, 5) is 17.3. The zero-order valence-corrected chi connectivity index (χ0v) is 15.9. The Kier molecular flexibility index (Phi) is 5.13. The van der Waals surface area contributed by atoms with Crippen LogP contribution in [0, 0.1) is 12.7 Å². The molecule has 28 heavy (non-hydrogen) atoms. The van der Waals surface area contributed by atoms with Gasteiger partial charge in [0.1, 0.15) is 11.3 Å². The van der Waals surface area contributed by atoms with Crippen LogP contribution in [0.5, 0.6) is 0 Å². The van der Waals surface area contributed by atoms with Crippen LogP contribution in [-0.4, -0.2) is 32.7 Å². The highest BCUT2D eigenvalue weighted by atomic mass is 19.1. The molecule has 1 saturated carbocycles. The molecule has 0 aliphatic heterocycles. The lowest BCUT2D eigenvalue weighted by atomic mass is 9.92. The number of benzene rings is 1. The van der Waals surface area contributed by atoms with Crippen LogP contribution in [0.4, 0.5) is 4.39 Å². The van der Waals surface area contributed by atoms with E-state index in [0.29, 0.717) is 29.6 Å². The van der Waals surface area contributed by atoms with Crippen molar-refractivity contribution in [3.05, 3.63) is 65.2 Å². The maximum Gasteiger partial charge on any atom is 0.255 e. The Bertz CT molecular complexity index is 1010. The lowest BCUT2D eigenvalue weighted by Gasteiger charge is -2.28. The second-order valence-electron chi connectivity index (χ2n) is 7.56. The van der Waals surface area contributed by atoms with Crippen molar-refractivity contribution in [2.75, 3.05) is 0 Å². The third-order valence-corrected chi connectivity index (χ3v) is 5.52. The van der Waals surface area contributed by atoms with E-state index < -0.39 is 6.10 Å². The van der Waals surface area contributed by atoms with Crippen molar-refractivity contribution in [1.82, 2.24) is 14.9 Å². The largest absolute Gasteiger partial charge is 0.391 e. The number of amides is 1. The molecule has 1 aliphatic rings. The van der Waals surface area contributed by atoms with Crippen molar-refractivity contribution in [3.8, 4) is 0 Å². The topological polar surface area (TPSA) is 67.2 Å². The van der Waals surface area contributed by atoms with Crippen LogP contribution in [0.1, 0.15) is 47.2 Å². The van der Waals surface area contributed by atoms with E-state index in [1.165, 1.54) is 6.07 Å². The number of aryl methyl sites for hydroxylation is 1. The van der Waals surface area contributed by atoms with Gasteiger partial charge in [-0.25, -0.2) is 4.39 Å². The van der Waals surface area contributed by atoms with Crippen molar-refractivity contribution >= 4 is 16.9 Å². The molecule has 6 heteroatoms. The zero-order chi connectivity index (χ0) is 19.7. The maximum absolute atomic E-state index is 13.9. The average molecular weight is 381 g/mol.